The fraction of sp³-hybridized carbons (Fsp3) is 0.636. The van der Waals surface area contributed by atoms with Crippen LogP contribution in [0, 0.1) is 10.1 Å². The lowest BCUT2D eigenvalue weighted by molar-refractivity contribution is -0.383. The van der Waals surface area contributed by atoms with Crippen LogP contribution in [0.1, 0.15) is 30.7 Å². The van der Waals surface area contributed by atoms with E-state index in [1.807, 2.05) is 0 Å². The number of hydrogen-bond donors (Lipinski definition) is 1. The van der Waals surface area contributed by atoms with Crippen molar-refractivity contribution in [2.45, 2.75) is 38.1 Å². The van der Waals surface area contributed by atoms with Crippen molar-refractivity contribution >= 4 is 22.0 Å². The molecular weight excluding hydrogens is 297 g/mol. The third-order valence-electron chi connectivity index (χ3n) is 2.92. The number of halogens is 3. The molecule has 0 amide bonds. The van der Waals surface area contributed by atoms with Gasteiger partial charge < -0.3 is 10.0 Å². The van der Waals surface area contributed by atoms with Crippen LogP contribution in [0.15, 0.2) is 6.07 Å². The maximum atomic E-state index is 12.6. The zero-order chi connectivity index (χ0) is 15.1. The molecule has 1 aliphatic rings. The molecule has 5 nitrogen and oxygen atoms in total. The topological polar surface area (TPSA) is 66.6 Å². The van der Waals surface area contributed by atoms with Crippen LogP contribution in [0.25, 0.3) is 0 Å². The quantitative estimate of drug-likeness (QED) is 0.670. The van der Waals surface area contributed by atoms with Crippen LogP contribution in [-0.2, 0) is 0 Å². The van der Waals surface area contributed by atoms with Gasteiger partial charge >= 0.3 is 11.9 Å². The summed E-state index contributed by atoms with van der Waals surface area (Å²) in [6.07, 6.45) is -4.19. The van der Waals surface area contributed by atoms with Gasteiger partial charge in [0.05, 0.1) is 11.0 Å². The summed E-state index contributed by atoms with van der Waals surface area (Å²) in [4.78, 5) is 11.6. The Morgan fingerprint density at radius 2 is 2.20 bits per heavy atom. The van der Waals surface area contributed by atoms with Gasteiger partial charge in [-0.1, -0.05) is 0 Å². The summed E-state index contributed by atoms with van der Waals surface area (Å²) in [6, 6.07) is 0.840. The molecule has 1 heterocycles. The Labute approximate surface area is 116 Å². The van der Waals surface area contributed by atoms with Crippen molar-refractivity contribution in [1.29, 1.82) is 0 Å². The largest absolute Gasteiger partial charge is 0.405 e. The van der Waals surface area contributed by atoms with E-state index in [4.69, 9.17) is 0 Å². The second-order valence-electron chi connectivity index (χ2n) is 4.75. The first-order valence-corrected chi connectivity index (χ1v) is 6.80. The summed E-state index contributed by atoms with van der Waals surface area (Å²) < 4.78 is 37.9. The summed E-state index contributed by atoms with van der Waals surface area (Å²) >= 11 is 0.847. The van der Waals surface area contributed by atoms with E-state index in [1.165, 1.54) is 6.92 Å². The molecule has 2 rings (SSSR count). The lowest BCUT2D eigenvalue weighted by Gasteiger charge is -2.23. The van der Waals surface area contributed by atoms with E-state index in [-0.39, 0.29) is 16.7 Å². The second-order valence-corrected chi connectivity index (χ2v) is 5.81. The minimum atomic E-state index is -4.43. The first kappa shape index (κ1) is 15.0. The smallest absolute Gasteiger partial charge is 0.388 e. The number of anilines is 1. The molecule has 0 radical (unpaired) electrons. The molecule has 0 bridgehead atoms. The van der Waals surface area contributed by atoms with Gasteiger partial charge in [0.25, 0.3) is 0 Å². The number of aliphatic hydroxyl groups is 1. The normalized spacial score (nSPS) is 17.1. The van der Waals surface area contributed by atoms with Crippen molar-refractivity contribution in [1.82, 2.24) is 0 Å². The van der Waals surface area contributed by atoms with Crippen LogP contribution in [0.4, 0.5) is 23.9 Å². The molecule has 0 spiro atoms. The van der Waals surface area contributed by atoms with Crippen LogP contribution in [-0.4, -0.2) is 28.8 Å². The van der Waals surface area contributed by atoms with E-state index in [9.17, 15) is 28.4 Å². The zero-order valence-electron chi connectivity index (χ0n) is 10.6. The molecule has 20 heavy (non-hydrogen) atoms. The first-order chi connectivity index (χ1) is 9.19. The van der Waals surface area contributed by atoms with Crippen LogP contribution in [0.5, 0.6) is 0 Å². The Balaban J connectivity index is 2.38. The third-order valence-corrected chi connectivity index (χ3v) is 4.25. The highest BCUT2D eigenvalue weighted by Gasteiger charge is 2.41. The molecule has 1 aromatic rings. The number of thiophene rings is 1. The maximum absolute atomic E-state index is 12.6. The second kappa shape index (κ2) is 5.21. The van der Waals surface area contributed by atoms with Crippen LogP contribution in [0.3, 0.4) is 0 Å². The van der Waals surface area contributed by atoms with Gasteiger partial charge in [0.1, 0.15) is 6.54 Å². The third kappa shape index (κ3) is 3.40. The standard InChI is InChI=1S/C11H13F3N2O3S/c1-6(17)9-4-8(16(18)19)10(20-9)15(7-2-3-7)5-11(12,13)14/h4,6-7,17H,2-3,5H2,1H3. The number of nitro groups is 1. The van der Waals surface area contributed by atoms with Gasteiger partial charge in [-0.2, -0.15) is 13.2 Å². The van der Waals surface area contributed by atoms with Crippen LogP contribution >= 0.6 is 11.3 Å². The molecule has 1 aliphatic carbocycles. The highest BCUT2D eigenvalue weighted by atomic mass is 32.1. The van der Waals surface area contributed by atoms with Gasteiger partial charge in [-0.25, -0.2) is 0 Å². The Hall–Kier alpha value is -1.35. The summed E-state index contributed by atoms with van der Waals surface area (Å²) in [5.74, 6) is 0. The molecule has 0 aromatic carbocycles. The minimum Gasteiger partial charge on any atom is -0.388 e. The Morgan fingerprint density at radius 3 is 2.60 bits per heavy atom. The van der Waals surface area contributed by atoms with Gasteiger partial charge in [-0.15, -0.1) is 11.3 Å². The molecule has 1 aromatic heterocycles. The van der Waals surface area contributed by atoms with Gasteiger partial charge in [-0.05, 0) is 19.8 Å². The fourth-order valence-electron chi connectivity index (χ4n) is 1.88. The molecule has 1 fully saturated rings. The SMILES string of the molecule is CC(O)c1cc([N+](=O)[O-])c(N(CC(F)(F)F)C2CC2)s1. The number of rotatable bonds is 5. The molecule has 112 valence electrons. The number of hydrogen-bond acceptors (Lipinski definition) is 5. The first-order valence-electron chi connectivity index (χ1n) is 5.98. The van der Waals surface area contributed by atoms with Crippen molar-refractivity contribution in [3.05, 3.63) is 21.1 Å². The predicted octanol–water partition coefficient (Wildman–Crippen LogP) is 3.24. The van der Waals surface area contributed by atoms with E-state index >= 15 is 0 Å². The molecule has 1 atom stereocenters. The average Bonchev–Trinajstić information content (AvgIpc) is 3.02. The molecule has 9 heteroatoms. The molecule has 1 saturated carbocycles. The molecule has 1 unspecified atom stereocenters. The van der Waals surface area contributed by atoms with Gasteiger partial charge in [0.2, 0.25) is 0 Å². The van der Waals surface area contributed by atoms with Crippen molar-refractivity contribution in [3.63, 3.8) is 0 Å². The predicted molar refractivity (Wildman–Crippen MR) is 68.0 cm³/mol. The van der Waals surface area contributed by atoms with Crippen molar-refractivity contribution in [2.24, 2.45) is 0 Å². The number of aliphatic hydroxyl groups excluding tert-OH is 1. The highest BCUT2D eigenvalue weighted by molar-refractivity contribution is 7.16. The van der Waals surface area contributed by atoms with E-state index in [1.54, 1.807) is 0 Å². The number of nitrogens with zero attached hydrogens (tertiary/aromatic N) is 2. The summed E-state index contributed by atoms with van der Waals surface area (Å²) in [5, 5.41) is 20.4. The Bertz CT molecular complexity index is 512. The van der Waals surface area contributed by atoms with Gasteiger partial charge in [0, 0.05) is 17.0 Å². The molecule has 0 saturated heterocycles. The molecule has 1 N–H and O–H groups in total. The van der Waals surface area contributed by atoms with Gasteiger partial charge in [-0.3, -0.25) is 10.1 Å². The van der Waals surface area contributed by atoms with E-state index in [0.717, 1.165) is 22.3 Å². The van der Waals surface area contributed by atoms with Crippen LogP contribution in [0.2, 0.25) is 0 Å². The molecule has 0 aliphatic heterocycles. The zero-order valence-corrected chi connectivity index (χ0v) is 11.4. The fourth-order valence-corrected chi connectivity index (χ4v) is 3.01. The van der Waals surface area contributed by atoms with E-state index < -0.39 is 23.7 Å². The van der Waals surface area contributed by atoms with Crippen molar-refractivity contribution in [2.75, 3.05) is 11.4 Å². The monoisotopic (exact) mass is 310 g/mol. The number of alkyl halides is 3. The van der Waals surface area contributed by atoms with Crippen molar-refractivity contribution < 1.29 is 23.2 Å². The van der Waals surface area contributed by atoms with Crippen molar-refractivity contribution in [3.8, 4) is 0 Å². The molecular formula is C11H13F3N2O3S. The van der Waals surface area contributed by atoms with E-state index in [0.29, 0.717) is 17.7 Å². The summed E-state index contributed by atoms with van der Waals surface area (Å²) in [6.45, 7) is 0.211. The lowest BCUT2D eigenvalue weighted by Crippen LogP contribution is -2.35. The highest BCUT2D eigenvalue weighted by Crippen LogP contribution is 2.45. The van der Waals surface area contributed by atoms with Crippen LogP contribution < -0.4 is 4.90 Å². The Morgan fingerprint density at radius 1 is 1.60 bits per heavy atom. The lowest BCUT2D eigenvalue weighted by atomic mass is 10.3. The van der Waals surface area contributed by atoms with E-state index in [2.05, 4.69) is 0 Å². The minimum absolute atomic E-state index is 0.0225. The average molecular weight is 310 g/mol. The Kier molecular flexibility index (Phi) is 3.92. The summed E-state index contributed by atoms with van der Waals surface area (Å²) in [5.41, 5.74) is -0.373. The van der Waals surface area contributed by atoms with Gasteiger partial charge in [0.15, 0.2) is 5.00 Å². The maximum Gasteiger partial charge on any atom is 0.405 e. The summed E-state index contributed by atoms with van der Waals surface area (Å²) in [7, 11) is 0.